The lowest BCUT2D eigenvalue weighted by Crippen LogP contribution is -2.25. The zero-order valence-corrected chi connectivity index (χ0v) is 13.9. The van der Waals surface area contributed by atoms with Crippen molar-refractivity contribution in [2.75, 3.05) is 13.1 Å². The lowest BCUT2D eigenvalue weighted by atomic mass is 9.85. The van der Waals surface area contributed by atoms with Crippen molar-refractivity contribution in [1.29, 1.82) is 0 Å². The van der Waals surface area contributed by atoms with E-state index in [0.717, 1.165) is 31.6 Å². The molecule has 0 bridgehead atoms. The van der Waals surface area contributed by atoms with E-state index >= 15 is 0 Å². The predicted octanol–water partition coefficient (Wildman–Crippen LogP) is 4.01. The maximum Gasteiger partial charge on any atom is 0.110 e. The minimum Gasteiger partial charge on any atom is -0.328 e. The Labute approximate surface area is 128 Å². The SMILES string of the molecule is CCCNCCC(C)(C)Cc1nc2ccccc2n1CC. The third kappa shape index (κ3) is 4.07. The van der Waals surface area contributed by atoms with Gasteiger partial charge in [0.15, 0.2) is 0 Å². The first kappa shape index (κ1) is 16.0. The fraction of sp³-hybridized carbons (Fsp3) is 0.611. The molecule has 0 amide bonds. The van der Waals surface area contributed by atoms with Crippen LogP contribution in [0.25, 0.3) is 11.0 Å². The van der Waals surface area contributed by atoms with Gasteiger partial charge in [-0.1, -0.05) is 32.9 Å². The van der Waals surface area contributed by atoms with Gasteiger partial charge in [0.05, 0.1) is 11.0 Å². The average Bonchev–Trinajstić information content (AvgIpc) is 2.79. The van der Waals surface area contributed by atoms with Gasteiger partial charge < -0.3 is 9.88 Å². The van der Waals surface area contributed by atoms with Crippen molar-refractivity contribution in [3.05, 3.63) is 30.1 Å². The number of benzene rings is 1. The molecule has 0 spiro atoms. The molecular formula is C18H29N3. The first-order valence-corrected chi connectivity index (χ1v) is 8.22. The number of aromatic nitrogens is 2. The van der Waals surface area contributed by atoms with Crippen molar-refractivity contribution in [3.8, 4) is 0 Å². The van der Waals surface area contributed by atoms with Crippen molar-refractivity contribution in [2.24, 2.45) is 5.41 Å². The van der Waals surface area contributed by atoms with Gasteiger partial charge in [-0.2, -0.15) is 0 Å². The van der Waals surface area contributed by atoms with Crippen LogP contribution in [0.4, 0.5) is 0 Å². The molecule has 0 atom stereocenters. The first-order chi connectivity index (χ1) is 10.1. The topological polar surface area (TPSA) is 29.9 Å². The Kier molecular flexibility index (Phi) is 5.40. The standard InChI is InChI=1S/C18H29N3/c1-5-12-19-13-11-18(3,4)14-17-20-15-9-7-8-10-16(15)21(17)6-2/h7-10,19H,5-6,11-14H2,1-4H3. The van der Waals surface area contributed by atoms with E-state index in [9.17, 15) is 0 Å². The number of nitrogens with zero attached hydrogens (tertiary/aromatic N) is 2. The molecule has 0 fully saturated rings. The highest BCUT2D eigenvalue weighted by Crippen LogP contribution is 2.27. The molecule has 0 aliphatic heterocycles. The van der Waals surface area contributed by atoms with Crippen LogP contribution in [-0.2, 0) is 13.0 Å². The third-order valence-electron chi connectivity index (χ3n) is 4.09. The van der Waals surface area contributed by atoms with Crippen molar-refractivity contribution >= 4 is 11.0 Å². The number of para-hydroxylation sites is 2. The molecule has 1 aromatic carbocycles. The summed E-state index contributed by atoms with van der Waals surface area (Å²) in [6.45, 7) is 12.3. The summed E-state index contributed by atoms with van der Waals surface area (Å²) in [5.74, 6) is 1.22. The number of rotatable bonds is 8. The normalized spacial score (nSPS) is 12.2. The molecule has 116 valence electrons. The summed E-state index contributed by atoms with van der Waals surface area (Å²) in [6.07, 6.45) is 3.41. The second-order valence-electron chi connectivity index (χ2n) is 6.60. The van der Waals surface area contributed by atoms with E-state index in [1.54, 1.807) is 0 Å². The van der Waals surface area contributed by atoms with E-state index in [0.29, 0.717) is 0 Å². The second-order valence-corrected chi connectivity index (χ2v) is 6.60. The van der Waals surface area contributed by atoms with Gasteiger partial charge in [0.25, 0.3) is 0 Å². The van der Waals surface area contributed by atoms with E-state index < -0.39 is 0 Å². The fourth-order valence-corrected chi connectivity index (χ4v) is 2.86. The Morgan fingerprint density at radius 1 is 1.14 bits per heavy atom. The summed E-state index contributed by atoms with van der Waals surface area (Å²) in [5, 5.41) is 3.50. The highest BCUT2D eigenvalue weighted by Gasteiger charge is 2.22. The van der Waals surface area contributed by atoms with E-state index in [4.69, 9.17) is 4.98 Å². The predicted molar refractivity (Wildman–Crippen MR) is 90.7 cm³/mol. The number of fused-ring (bicyclic) bond motifs is 1. The quantitative estimate of drug-likeness (QED) is 0.743. The van der Waals surface area contributed by atoms with Crippen LogP contribution in [0.2, 0.25) is 0 Å². The number of aryl methyl sites for hydroxylation is 1. The van der Waals surface area contributed by atoms with Crippen LogP contribution in [0, 0.1) is 5.41 Å². The van der Waals surface area contributed by atoms with Gasteiger partial charge in [-0.15, -0.1) is 0 Å². The number of nitrogens with one attached hydrogen (secondary N) is 1. The molecule has 1 heterocycles. The van der Waals surface area contributed by atoms with Gasteiger partial charge in [-0.25, -0.2) is 4.98 Å². The lowest BCUT2D eigenvalue weighted by Gasteiger charge is -2.24. The summed E-state index contributed by atoms with van der Waals surface area (Å²) in [4.78, 5) is 4.86. The number of hydrogen-bond acceptors (Lipinski definition) is 2. The van der Waals surface area contributed by atoms with Crippen LogP contribution >= 0.6 is 0 Å². The fourth-order valence-electron chi connectivity index (χ4n) is 2.86. The summed E-state index contributed by atoms with van der Waals surface area (Å²) in [6, 6.07) is 8.45. The Morgan fingerprint density at radius 3 is 2.62 bits per heavy atom. The Morgan fingerprint density at radius 2 is 1.90 bits per heavy atom. The highest BCUT2D eigenvalue weighted by atomic mass is 15.1. The van der Waals surface area contributed by atoms with Gasteiger partial charge in [0.2, 0.25) is 0 Å². The van der Waals surface area contributed by atoms with Crippen LogP contribution in [-0.4, -0.2) is 22.6 Å². The van der Waals surface area contributed by atoms with Crippen molar-refractivity contribution in [2.45, 2.75) is 53.5 Å². The van der Waals surface area contributed by atoms with Crippen LogP contribution in [0.5, 0.6) is 0 Å². The minimum atomic E-state index is 0.273. The molecule has 2 rings (SSSR count). The van der Waals surface area contributed by atoms with Crippen LogP contribution in [0.3, 0.4) is 0 Å². The summed E-state index contributed by atoms with van der Waals surface area (Å²) < 4.78 is 2.36. The maximum atomic E-state index is 4.86. The summed E-state index contributed by atoms with van der Waals surface area (Å²) >= 11 is 0. The zero-order valence-electron chi connectivity index (χ0n) is 13.9. The van der Waals surface area contributed by atoms with Crippen LogP contribution in [0.1, 0.15) is 46.4 Å². The minimum absolute atomic E-state index is 0.273. The molecule has 0 aliphatic rings. The lowest BCUT2D eigenvalue weighted by molar-refractivity contribution is 0.315. The molecule has 1 aromatic heterocycles. The molecule has 0 aliphatic carbocycles. The summed E-state index contributed by atoms with van der Waals surface area (Å²) in [5.41, 5.74) is 2.65. The average molecular weight is 287 g/mol. The van der Waals surface area contributed by atoms with Crippen molar-refractivity contribution in [3.63, 3.8) is 0 Å². The Bertz CT molecular complexity index is 569. The molecule has 0 radical (unpaired) electrons. The second kappa shape index (κ2) is 7.08. The van der Waals surface area contributed by atoms with E-state index in [-0.39, 0.29) is 5.41 Å². The third-order valence-corrected chi connectivity index (χ3v) is 4.09. The summed E-state index contributed by atoms with van der Waals surface area (Å²) in [7, 11) is 0. The molecule has 2 aromatic rings. The van der Waals surface area contributed by atoms with Gasteiger partial charge in [-0.05, 0) is 50.4 Å². The number of hydrogen-bond donors (Lipinski definition) is 1. The number of imidazole rings is 1. The highest BCUT2D eigenvalue weighted by molar-refractivity contribution is 5.75. The van der Waals surface area contributed by atoms with Crippen LogP contribution in [0.15, 0.2) is 24.3 Å². The molecule has 3 heteroatoms. The molecule has 1 N–H and O–H groups in total. The first-order valence-electron chi connectivity index (χ1n) is 8.22. The van der Waals surface area contributed by atoms with E-state index in [1.807, 2.05) is 0 Å². The Balaban J connectivity index is 2.11. The van der Waals surface area contributed by atoms with Gasteiger partial charge >= 0.3 is 0 Å². The van der Waals surface area contributed by atoms with E-state index in [1.165, 1.54) is 24.2 Å². The zero-order chi connectivity index (χ0) is 15.3. The molecule has 0 saturated carbocycles. The Hall–Kier alpha value is -1.35. The van der Waals surface area contributed by atoms with Crippen molar-refractivity contribution < 1.29 is 0 Å². The van der Waals surface area contributed by atoms with E-state index in [2.05, 4.69) is 61.8 Å². The molecule has 3 nitrogen and oxygen atoms in total. The largest absolute Gasteiger partial charge is 0.328 e. The molecular weight excluding hydrogens is 258 g/mol. The smallest absolute Gasteiger partial charge is 0.110 e. The van der Waals surface area contributed by atoms with Crippen LogP contribution < -0.4 is 5.32 Å². The monoisotopic (exact) mass is 287 g/mol. The van der Waals surface area contributed by atoms with Gasteiger partial charge in [-0.3, -0.25) is 0 Å². The van der Waals surface area contributed by atoms with Gasteiger partial charge in [0, 0.05) is 13.0 Å². The molecule has 0 saturated heterocycles. The maximum absolute atomic E-state index is 4.86. The van der Waals surface area contributed by atoms with Gasteiger partial charge in [0.1, 0.15) is 5.82 Å². The van der Waals surface area contributed by atoms with Crippen molar-refractivity contribution in [1.82, 2.24) is 14.9 Å². The molecule has 21 heavy (non-hydrogen) atoms. The molecule has 0 unspecified atom stereocenters.